The van der Waals surface area contributed by atoms with Gasteiger partial charge < -0.3 is 9.47 Å². The number of esters is 1. The van der Waals surface area contributed by atoms with E-state index in [4.69, 9.17) is 9.47 Å². The first-order valence-corrected chi connectivity index (χ1v) is 10.5. The Morgan fingerprint density at radius 3 is 2.68 bits per heavy atom. The second kappa shape index (κ2) is 8.31. The Labute approximate surface area is 169 Å². The quantitative estimate of drug-likeness (QED) is 0.672. The third-order valence-electron chi connectivity index (χ3n) is 4.61. The van der Waals surface area contributed by atoms with E-state index in [1.54, 1.807) is 30.1 Å². The summed E-state index contributed by atoms with van der Waals surface area (Å²) >= 11 is 1.57. The standard InChI is InChI=1S/C21H26N2O4S/c1-6-16(21(25)26-12(3)4)23-17-10-14(15-11-28-13(5)22-15)8-9-19(17)27-18(7-2)20(23)24/h8-12,16,18H,6-7H2,1-5H3. The summed E-state index contributed by atoms with van der Waals surface area (Å²) < 4.78 is 11.3. The Balaban J connectivity index is 2.07. The molecule has 150 valence electrons. The van der Waals surface area contributed by atoms with Gasteiger partial charge in [0.1, 0.15) is 11.8 Å². The highest BCUT2D eigenvalue weighted by Crippen LogP contribution is 2.40. The van der Waals surface area contributed by atoms with Crippen LogP contribution in [-0.2, 0) is 14.3 Å². The monoisotopic (exact) mass is 402 g/mol. The largest absolute Gasteiger partial charge is 0.478 e. The van der Waals surface area contributed by atoms with Crippen molar-refractivity contribution in [3.63, 3.8) is 0 Å². The Morgan fingerprint density at radius 1 is 1.36 bits per heavy atom. The molecule has 3 rings (SSSR count). The molecule has 0 saturated heterocycles. The van der Waals surface area contributed by atoms with Crippen LogP contribution in [0.1, 0.15) is 45.5 Å². The van der Waals surface area contributed by atoms with Gasteiger partial charge in [-0.3, -0.25) is 9.69 Å². The van der Waals surface area contributed by atoms with Gasteiger partial charge in [-0.2, -0.15) is 0 Å². The van der Waals surface area contributed by atoms with E-state index in [1.165, 1.54) is 0 Å². The number of benzene rings is 1. The highest BCUT2D eigenvalue weighted by molar-refractivity contribution is 7.09. The van der Waals surface area contributed by atoms with Gasteiger partial charge in [0, 0.05) is 10.9 Å². The van der Waals surface area contributed by atoms with Crippen LogP contribution in [0.4, 0.5) is 5.69 Å². The Hall–Kier alpha value is -2.41. The van der Waals surface area contributed by atoms with Gasteiger partial charge in [-0.05, 0) is 51.8 Å². The maximum Gasteiger partial charge on any atom is 0.329 e. The van der Waals surface area contributed by atoms with E-state index in [0.29, 0.717) is 24.3 Å². The van der Waals surface area contributed by atoms with E-state index in [0.717, 1.165) is 16.3 Å². The van der Waals surface area contributed by atoms with Crippen LogP contribution < -0.4 is 9.64 Å². The van der Waals surface area contributed by atoms with Crippen LogP contribution in [0.15, 0.2) is 23.6 Å². The van der Waals surface area contributed by atoms with Crippen molar-refractivity contribution in [3.05, 3.63) is 28.6 Å². The number of hydrogen-bond donors (Lipinski definition) is 0. The van der Waals surface area contributed by atoms with Crippen LogP contribution in [0.5, 0.6) is 5.75 Å². The zero-order valence-corrected chi connectivity index (χ0v) is 17.7. The Kier molecular flexibility index (Phi) is 6.03. The molecule has 1 aromatic heterocycles. The van der Waals surface area contributed by atoms with Gasteiger partial charge in [-0.25, -0.2) is 9.78 Å². The number of anilines is 1. The number of aryl methyl sites for hydroxylation is 1. The third kappa shape index (κ3) is 3.90. The minimum Gasteiger partial charge on any atom is -0.478 e. The summed E-state index contributed by atoms with van der Waals surface area (Å²) in [6.07, 6.45) is 0.120. The van der Waals surface area contributed by atoms with Gasteiger partial charge in [0.2, 0.25) is 0 Å². The molecular weight excluding hydrogens is 376 g/mol. The molecule has 2 unspecified atom stereocenters. The molecule has 0 saturated carbocycles. The lowest BCUT2D eigenvalue weighted by Gasteiger charge is -2.38. The van der Waals surface area contributed by atoms with Gasteiger partial charge in [0.15, 0.2) is 6.10 Å². The molecule has 0 aliphatic carbocycles. The minimum absolute atomic E-state index is 0.214. The number of carbonyl (C=O) groups is 2. The summed E-state index contributed by atoms with van der Waals surface area (Å²) in [4.78, 5) is 31.9. The minimum atomic E-state index is -0.695. The Bertz CT molecular complexity index is 877. The highest BCUT2D eigenvalue weighted by atomic mass is 32.1. The molecule has 2 heterocycles. The first-order valence-electron chi connectivity index (χ1n) is 9.62. The summed E-state index contributed by atoms with van der Waals surface area (Å²) in [5, 5.41) is 2.95. The molecule has 1 amide bonds. The van der Waals surface area contributed by atoms with E-state index < -0.39 is 18.1 Å². The van der Waals surface area contributed by atoms with Crippen molar-refractivity contribution >= 4 is 28.9 Å². The molecule has 1 aliphatic rings. The molecule has 2 aromatic rings. The number of aromatic nitrogens is 1. The molecule has 0 radical (unpaired) electrons. The van der Waals surface area contributed by atoms with E-state index in [2.05, 4.69) is 4.98 Å². The maximum absolute atomic E-state index is 13.1. The van der Waals surface area contributed by atoms with Crippen LogP contribution in [-0.4, -0.2) is 35.1 Å². The van der Waals surface area contributed by atoms with Crippen LogP contribution in [0, 0.1) is 6.92 Å². The predicted octanol–water partition coefficient (Wildman–Crippen LogP) is 4.35. The average molecular weight is 403 g/mol. The van der Waals surface area contributed by atoms with Gasteiger partial charge in [0.05, 0.1) is 22.5 Å². The first kappa shape index (κ1) is 20.3. The number of thiazole rings is 1. The average Bonchev–Trinajstić information content (AvgIpc) is 3.09. The molecule has 0 N–H and O–H groups in total. The SMILES string of the molecule is CCC1Oc2ccc(-c3csc(C)n3)cc2N(C(CC)C(=O)OC(C)C)C1=O. The number of nitrogens with zero attached hydrogens (tertiary/aromatic N) is 2. The molecular formula is C21H26N2O4S. The fourth-order valence-corrected chi connectivity index (χ4v) is 3.91. The van der Waals surface area contributed by atoms with Crippen LogP contribution >= 0.6 is 11.3 Å². The lowest BCUT2D eigenvalue weighted by Crippen LogP contribution is -2.53. The molecule has 1 aliphatic heterocycles. The Morgan fingerprint density at radius 2 is 2.11 bits per heavy atom. The normalized spacial score (nSPS) is 17.3. The second-order valence-corrected chi connectivity index (χ2v) is 8.13. The van der Waals surface area contributed by atoms with Gasteiger partial charge >= 0.3 is 5.97 Å². The van der Waals surface area contributed by atoms with E-state index >= 15 is 0 Å². The summed E-state index contributed by atoms with van der Waals surface area (Å²) in [6, 6.07) is 4.96. The van der Waals surface area contributed by atoms with E-state index in [1.807, 2.05) is 44.4 Å². The molecule has 28 heavy (non-hydrogen) atoms. The fraction of sp³-hybridized carbons (Fsp3) is 0.476. The zero-order chi connectivity index (χ0) is 20.4. The van der Waals surface area contributed by atoms with Crippen molar-refractivity contribution in [2.75, 3.05) is 4.90 Å². The molecule has 6 nitrogen and oxygen atoms in total. The lowest BCUT2D eigenvalue weighted by molar-refractivity contribution is -0.150. The van der Waals surface area contributed by atoms with E-state index in [9.17, 15) is 9.59 Å². The molecule has 0 bridgehead atoms. The molecule has 7 heteroatoms. The topological polar surface area (TPSA) is 68.7 Å². The molecule has 2 atom stereocenters. The van der Waals surface area contributed by atoms with Gasteiger partial charge in [-0.15, -0.1) is 11.3 Å². The van der Waals surface area contributed by atoms with Crippen molar-refractivity contribution in [1.29, 1.82) is 0 Å². The molecule has 0 spiro atoms. The van der Waals surface area contributed by atoms with Gasteiger partial charge in [0.25, 0.3) is 5.91 Å². The van der Waals surface area contributed by atoms with Crippen LogP contribution in [0.2, 0.25) is 0 Å². The number of amides is 1. The van der Waals surface area contributed by atoms with Crippen molar-refractivity contribution in [2.45, 2.75) is 65.7 Å². The first-order chi connectivity index (χ1) is 13.3. The summed E-state index contributed by atoms with van der Waals surface area (Å²) in [7, 11) is 0. The second-order valence-electron chi connectivity index (χ2n) is 7.07. The van der Waals surface area contributed by atoms with E-state index in [-0.39, 0.29) is 12.0 Å². The fourth-order valence-electron chi connectivity index (χ4n) is 3.28. The number of fused-ring (bicyclic) bond motifs is 1. The lowest BCUT2D eigenvalue weighted by atomic mass is 10.0. The number of carbonyl (C=O) groups excluding carboxylic acids is 2. The summed E-state index contributed by atoms with van der Waals surface area (Å²) in [5.74, 6) is -0.0180. The zero-order valence-electron chi connectivity index (χ0n) is 16.9. The van der Waals surface area contributed by atoms with Crippen molar-refractivity contribution in [1.82, 2.24) is 4.98 Å². The smallest absolute Gasteiger partial charge is 0.329 e. The van der Waals surface area contributed by atoms with Crippen molar-refractivity contribution in [2.24, 2.45) is 0 Å². The van der Waals surface area contributed by atoms with Crippen LogP contribution in [0.25, 0.3) is 11.3 Å². The highest BCUT2D eigenvalue weighted by Gasteiger charge is 2.40. The van der Waals surface area contributed by atoms with Crippen molar-refractivity contribution in [3.8, 4) is 17.0 Å². The number of ether oxygens (including phenoxy) is 2. The number of hydrogen-bond acceptors (Lipinski definition) is 6. The summed E-state index contributed by atoms with van der Waals surface area (Å²) in [6.45, 7) is 9.33. The number of rotatable bonds is 6. The third-order valence-corrected chi connectivity index (χ3v) is 5.38. The maximum atomic E-state index is 13.1. The molecule has 1 aromatic carbocycles. The molecule has 0 fully saturated rings. The van der Waals surface area contributed by atoms with Crippen molar-refractivity contribution < 1.29 is 19.1 Å². The summed E-state index contributed by atoms with van der Waals surface area (Å²) in [5.41, 5.74) is 2.31. The predicted molar refractivity (Wildman–Crippen MR) is 110 cm³/mol. The van der Waals surface area contributed by atoms with Gasteiger partial charge in [-0.1, -0.05) is 13.8 Å². The van der Waals surface area contributed by atoms with Crippen LogP contribution in [0.3, 0.4) is 0 Å².